The van der Waals surface area contributed by atoms with Gasteiger partial charge in [0.1, 0.15) is 13.2 Å². The lowest BCUT2D eigenvalue weighted by atomic mass is 10.1. The van der Waals surface area contributed by atoms with Gasteiger partial charge in [0.05, 0.1) is 6.04 Å². The summed E-state index contributed by atoms with van der Waals surface area (Å²) in [5.41, 5.74) is 0.00221. The Hall–Kier alpha value is -1.96. The fourth-order valence-corrected chi connectivity index (χ4v) is 2.87. The van der Waals surface area contributed by atoms with E-state index in [9.17, 15) is 13.2 Å². The number of aromatic nitrogens is 1. The second-order valence-electron chi connectivity index (χ2n) is 4.80. The van der Waals surface area contributed by atoms with Gasteiger partial charge >= 0.3 is 6.18 Å². The van der Waals surface area contributed by atoms with Crippen LogP contribution in [0, 0.1) is 0 Å². The van der Waals surface area contributed by atoms with Gasteiger partial charge in [0.2, 0.25) is 0 Å². The highest BCUT2D eigenvalue weighted by Crippen LogP contribution is 2.35. The molecule has 0 saturated heterocycles. The molecule has 118 valence electrons. The van der Waals surface area contributed by atoms with Crippen LogP contribution < -0.4 is 14.8 Å². The van der Waals surface area contributed by atoms with Crippen molar-refractivity contribution >= 4 is 16.5 Å². The van der Waals surface area contributed by atoms with E-state index in [0.717, 1.165) is 22.3 Å². The number of thiazole rings is 1. The van der Waals surface area contributed by atoms with Crippen molar-refractivity contribution < 1.29 is 22.6 Å². The molecule has 2 aromatic rings. The number of benzene rings is 1. The fraction of sp³-hybridized carbons (Fsp3) is 0.357. The molecule has 0 aliphatic carbocycles. The number of hydrogen-bond acceptors (Lipinski definition) is 5. The third-order valence-electron chi connectivity index (χ3n) is 3.20. The Kier molecular flexibility index (Phi) is 3.86. The summed E-state index contributed by atoms with van der Waals surface area (Å²) in [7, 11) is 0. The maximum atomic E-state index is 12.5. The number of halogens is 3. The van der Waals surface area contributed by atoms with Gasteiger partial charge in [-0.25, -0.2) is 4.98 Å². The van der Waals surface area contributed by atoms with E-state index in [1.807, 2.05) is 19.1 Å². The maximum absolute atomic E-state index is 12.5. The molecule has 4 nitrogen and oxygen atoms in total. The van der Waals surface area contributed by atoms with Crippen LogP contribution in [0.5, 0.6) is 11.5 Å². The second kappa shape index (κ2) is 5.68. The smallest absolute Gasteiger partial charge is 0.434 e. The zero-order valence-corrected chi connectivity index (χ0v) is 12.4. The summed E-state index contributed by atoms with van der Waals surface area (Å²) in [5, 5.41) is 4.20. The highest BCUT2D eigenvalue weighted by molar-refractivity contribution is 7.13. The van der Waals surface area contributed by atoms with Crippen LogP contribution in [0.2, 0.25) is 0 Å². The average Bonchev–Trinajstić information content (AvgIpc) is 2.95. The van der Waals surface area contributed by atoms with E-state index in [1.165, 1.54) is 0 Å². The highest BCUT2D eigenvalue weighted by Gasteiger charge is 2.33. The molecule has 0 radical (unpaired) electrons. The van der Waals surface area contributed by atoms with E-state index >= 15 is 0 Å². The molecule has 0 amide bonds. The summed E-state index contributed by atoms with van der Waals surface area (Å²) in [5.74, 6) is 1.32. The molecule has 1 aliphatic rings. The molecule has 0 fully saturated rings. The molecule has 1 aliphatic heterocycles. The zero-order chi connectivity index (χ0) is 15.7. The molecular weight excluding hydrogens is 317 g/mol. The minimum Gasteiger partial charge on any atom is -0.486 e. The second-order valence-corrected chi connectivity index (χ2v) is 5.66. The molecule has 1 N–H and O–H groups in total. The predicted octanol–water partition coefficient (Wildman–Crippen LogP) is 4.11. The van der Waals surface area contributed by atoms with Gasteiger partial charge in [0, 0.05) is 5.38 Å². The van der Waals surface area contributed by atoms with Gasteiger partial charge in [-0.15, -0.1) is 11.3 Å². The van der Waals surface area contributed by atoms with E-state index in [0.29, 0.717) is 24.7 Å². The van der Waals surface area contributed by atoms with Gasteiger partial charge in [-0.2, -0.15) is 13.2 Å². The number of fused-ring (bicyclic) bond motifs is 1. The Morgan fingerprint density at radius 3 is 2.64 bits per heavy atom. The molecular formula is C14H13F3N2O2S. The summed E-state index contributed by atoms with van der Waals surface area (Å²) in [4.78, 5) is 3.56. The third-order valence-corrected chi connectivity index (χ3v) is 3.97. The monoisotopic (exact) mass is 330 g/mol. The first kappa shape index (κ1) is 15.0. The zero-order valence-electron chi connectivity index (χ0n) is 11.6. The number of hydrogen-bond donors (Lipinski definition) is 1. The van der Waals surface area contributed by atoms with E-state index in [-0.39, 0.29) is 11.2 Å². The van der Waals surface area contributed by atoms with Crippen LogP contribution in [0.4, 0.5) is 18.3 Å². The molecule has 3 rings (SSSR count). The number of nitrogens with one attached hydrogen (secondary N) is 1. The molecule has 2 heterocycles. The molecule has 1 atom stereocenters. The van der Waals surface area contributed by atoms with Crippen molar-refractivity contribution in [3.05, 3.63) is 34.8 Å². The summed E-state index contributed by atoms with van der Waals surface area (Å²) in [6, 6.07) is 5.27. The van der Waals surface area contributed by atoms with Gasteiger partial charge in [0.15, 0.2) is 22.3 Å². The lowest BCUT2D eigenvalue weighted by molar-refractivity contribution is -0.140. The largest absolute Gasteiger partial charge is 0.486 e. The summed E-state index contributed by atoms with van der Waals surface area (Å²) in [6.07, 6.45) is -4.42. The van der Waals surface area contributed by atoms with Crippen molar-refractivity contribution in [1.29, 1.82) is 0 Å². The number of rotatable bonds is 3. The van der Waals surface area contributed by atoms with Crippen molar-refractivity contribution in [3.63, 3.8) is 0 Å². The molecule has 0 saturated carbocycles. The van der Waals surface area contributed by atoms with Crippen LogP contribution in [-0.2, 0) is 6.18 Å². The Labute approximate surface area is 128 Å². The Morgan fingerprint density at radius 1 is 1.23 bits per heavy atom. The average molecular weight is 330 g/mol. The van der Waals surface area contributed by atoms with E-state index in [4.69, 9.17) is 9.47 Å². The van der Waals surface area contributed by atoms with Gasteiger partial charge in [-0.1, -0.05) is 6.07 Å². The highest BCUT2D eigenvalue weighted by atomic mass is 32.1. The molecule has 1 aromatic carbocycles. The molecule has 0 spiro atoms. The number of alkyl halides is 3. The predicted molar refractivity (Wildman–Crippen MR) is 76.6 cm³/mol. The van der Waals surface area contributed by atoms with Gasteiger partial charge in [-0.3, -0.25) is 0 Å². The van der Waals surface area contributed by atoms with Crippen molar-refractivity contribution in [2.75, 3.05) is 18.5 Å². The fourth-order valence-electron chi connectivity index (χ4n) is 2.07. The number of anilines is 1. The third kappa shape index (κ3) is 3.11. The Bertz CT molecular complexity index is 672. The topological polar surface area (TPSA) is 43.4 Å². The SMILES string of the molecule is CC(Nc1nc(C(F)(F)F)cs1)c1ccc2c(c1)OCCO2. The Morgan fingerprint density at radius 2 is 1.95 bits per heavy atom. The van der Waals surface area contributed by atoms with Crippen molar-refractivity contribution in [2.45, 2.75) is 19.1 Å². The van der Waals surface area contributed by atoms with Crippen molar-refractivity contribution in [1.82, 2.24) is 4.98 Å². The summed E-state index contributed by atoms with van der Waals surface area (Å²) in [6.45, 7) is 2.85. The minimum absolute atomic E-state index is 0.205. The van der Waals surface area contributed by atoms with Gasteiger partial charge < -0.3 is 14.8 Å². The van der Waals surface area contributed by atoms with Crippen molar-refractivity contribution in [3.8, 4) is 11.5 Å². The lowest BCUT2D eigenvalue weighted by Crippen LogP contribution is -2.16. The normalized spacial score (nSPS) is 15.5. The van der Waals surface area contributed by atoms with E-state index < -0.39 is 11.9 Å². The quantitative estimate of drug-likeness (QED) is 0.920. The first-order valence-electron chi connectivity index (χ1n) is 6.62. The van der Waals surface area contributed by atoms with Crippen LogP contribution in [0.1, 0.15) is 24.2 Å². The van der Waals surface area contributed by atoms with Crippen LogP contribution in [-0.4, -0.2) is 18.2 Å². The molecule has 1 unspecified atom stereocenters. The summed E-state index contributed by atoms with van der Waals surface area (Å²) >= 11 is 0.930. The van der Waals surface area contributed by atoms with Gasteiger partial charge in [0.25, 0.3) is 0 Å². The van der Waals surface area contributed by atoms with Crippen LogP contribution in [0.15, 0.2) is 23.6 Å². The molecule has 1 aromatic heterocycles. The van der Waals surface area contributed by atoms with E-state index in [2.05, 4.69) is 10.3 Å². The first-order chi connectivity index (χ1) is 10.4. The molecule has 0 bridgehead atoms. The molecule has 22 heavy (non-hydrogen) atoms. The lowest BCUT2D eigenvalue weighted by Gasteiger charge is -2.21. The van der Waals surface area contributed by atoms with Crippen LogP contribution >= 0.6 is 11.3 Å². The number of ether oxygens (including phenoxy) is 2. The number of nitrogens with zero attached hydrogens (tertiary/aromatic N) is 1. The maximum Gasteiger partial charge on any atom is 0.434 e. The minimum atomic E-state index is -4.42. The van der Waals surface area contributed by atoms with Crippen LogP contribution in [0.25, 0.3) is 0 Å². The summed E-state index contributed by atoms with van der Waals surface area (Å²) < 4.78 is 48.5. The first-order valence-corrected chi connectivity index (χ1v) is 7.50. The van der Waals surface area contributed by atoms with Crippen molar-refractivity contribution in [2.24, 2.45) is 0 Å². The van der Waals surface area contributed by atoms with Crippen LogP contribution in [0.3, 0.4) is 0 Å². The van der Waals surface area contributed by atoms with E-state index in [1.54, 1.807) is 6.07 Å². The molecule has 8 heteroatoms. The Balaban J connectivity index is 1.74. The van der Waals surface area contributed by atoms with Gasteiger partial charge in [-0.05, 0) is 24.6 Å². The standard InChI is InChI=1S/C14H13F3N2O2S/c1-8(18-13-19-12(7-22-13)14(15,16)17)9-2-3-10-11(6-9)21-5-4-20-10/h2-3,6-8H,4-5H2,1H3,(H,18,19).